The maximum Gasteiger partial charge on any atom is 0.143 e. The van der Waals surface area contributed by atoms with Crippen molar-refractivity contribution in [3.05, 3.63) is 125 Å². The summed E-state index contributed by atoms with van der Waals surface area (Å²) in [5.74, 6) is 1.02. The molecule has 0 bridgehead atoms. The van der Waals surface area contributed by atoms with Crippen LogP contribution in [0.25, 0.3) is 11.0 Å². The second kappa shape index (κ2) is 9.40. The van der Waals surface area contributed by atoms with Crippen LogP contribution in [0.4, 0.5) is 0 Å². The molecule has 0 fully saturated rings. The van der Waals surface area contributed by atoms with Crippen molar-refractivity contribution in [1.82, 2.24) is 0 Å². The standard InChI is InChI=1S/C27H21BrOP.ClH/c28-22-16-17-27-21(18-22)19-23(29-27)20-30(24-10-4-1-5-11-24,25-12-6-2-7-13-25)26-14-8-3-9-15-26;/h1-19H,20H2;1H/q+1;/p-1. The molecule has 5 rings (SSSR count). The first-order valence-corrected chi connectivity index (χ1v) is 12.8. The molecule has 1 heterocycles. The number of benzene rings is 4. The minimum atomic E-state index is -1.95. The third kappa shape index (κ3) is 4.21. The van der Waals surface area contributed by atoms with Gasteiger partial charge >= 0.3 is 0 Å². The molecule has 1 aromatic heterocycles. The Morgan fingerprint density at radius 1 is 0.613 bits per heavy atom. The second-order valence-electron chi connectivity index (χ2n) is 7.37. The van der Waals surface area contributed by atoms with E-state index in [-0.39, 0.29) is 12.4 Å². The highest BCUT2D eigenvalue weighted by atomic mass is 79.9. The molecule has 0 unspecified atom stereocenters. The maximum absolute atomic E-state index is 6.35. The average molecular weight is 508 g/mol. The Morgan fingerprint density at radius 3 is 1.58 bits per heavy atom. The summed E-state index contributed by atoms with van der Waals surface area (Å²) in [6.07, 6.45) is 0.845. The van der Waals surface area contributed by atoms with Gasteiger partial charge in [-0.3, -0.25) is 0 Å². The lowest BCUT2D eigenvalue weighted by atomic mass is 10.2. The van der Waals surface area contributed by atoms with Crippen LogP contribution in [0.1, 0.15) is 5.76 Å². The third-order valence-electron chi connectivity index (χ3n) is 5.51. The molecule has 0 spiro atoms. The summed E-state index contributed by atoms with van der Waals surface area (Å²) < 4.78 is 7.42. The fourth-order valence-corrected chi connectivity index (χ4v) is 8.64. The van der Waals surface area contributed by atoms with Crippen LogP contribution in [-0.4, -0.2) is 0 Å². The van der Waals surface area contributed by atoms with E-state index in [1.807, 2.05) is 12.1 Å². The lowest BCUT2D eigenvalue weighted by molar-refractivity contribution is -0.00000625. The Bertz CT molecular complexity index is 1170. The summed E-state index contributed by atoms with van der Waals surface area (Å²) in [4.78, 5) is 0. The smallest absolute Gasteiger partial charge is 0.143 e. The Hall–Kier alpha value is -2.38. The number of halogens is 2. The van der Waals surface area contributed by atoms with E-state index < -0.39 is 7.26 Å². The lowest BCUT2D eigenvalue weighted by Gasteiger charge is -2.26. The van der Waals surface area contributed by atoms with Gasteiger partial charge in [0.15, 0.2) is 0 Å². The fourth-order valence-electron chi connectivity index (χ4n) is 4.15. The van der Waals surface area contributed by atoms with Crippen molar-refractivity contribution in [2.75, 3.05) is 0 Å². The van der Waals surface area contributed by atoms with Gasteiger partial charge in [-0.2, -0.15) is 0 Å². The molecule has 4 heteroatoms. The molecule has 0 atom stereocenters. The molecular formula is C27H21BrClOP. The van der Waals surface area contributed by atoms with Crippen molar-refractivity contribution in [3.8, 4) is 0 Å². The van der Waals surface area contributed by atoms with Crippen molar-refractivity contribution in [2.45, 2.75) is 6.16 Å². The predicted octanol–water partition coefficient (Wildman–Crippen LogP) is 3.69. The summed E-state index contributed by atoms with van der Waals surface area (Å²) in [5, 5.41) is 5.23. The summed E-state index contributed by atoms with van der Waals surface area (Å²) in [6.45, 7) is 0. The lowest BCUT2D eigenvalue weighted by Crippen LogP contribution is -3.00. The Balaban J connectivity index is 0.00000231. The van der Waals surface area contributed by atoms with Crippen molar-refractivity contribution in [2.24, 2.45) is 0 Å². The van der Waals surface area contributed by atoms with Crippen LogP contribution in [-0.2, 0) is 6.16 Å². The minimum Gasteiger partial charge on any atom is -1.00 e. The Labute approximate surface area is 198 Å². The molecule has 0 amide bonds. The quantitative estimate of drug-likeness (QED) is 0.331. The molecule has 31 heavy (non-hydrogen) atoms. The van der Waals surface area contributed by atoms with Gasteiger partial charge in [0.2, 0.25) is 0 Å². The number of rotatable bonds is 5. The molecule has 4 aromatic carbocycles. The van der Waals surface area contributed by atoms with Crippen molar-refractivity contribution >= 4 is 50.1 Å². The molecule has 1 nitrogen and oxygen atoms in total. The van der Waals surface area contributed by atoms with E-state index in [1.54, 1.807) is 0 Å². The Morgan fingerprint density at radius 2 is 1.10 bits per heavy atom. The molecule has 0 radical (unpaired) electrons. The van der Waals surface area contributed by atoms with E-state index in [1.165, 1.54) is 15.9 Å². The average Bonchev–Trinajstić information content (AvgIpc) is 3.20. The molecule has 5 aromatic rings. The Kier molecular flexibility index (Phi) is 6.62. The molecule has 154 valence electrons. The summed E-state index contributed by atoms with van der Waals surface area (Å²) >= 11 is 3.58. The van der Waals surface area contributed by atoms with Crippen LogP contribution < -0.4 is 28.3 Å². The molecule has 0 aliphatic heterocycles. The van der Waals surface area contributed by atoms with Crippen LogP contribution in [0.3, 0.4) is 0 Å². The van der Waals surface area contributed by atoms with Gasteiger partial charge in [-0.05, 0) is 60.7 Å². The monoisotopic (exact) mass is 506 g/mol. The van der Waals surface area contributed by atoms with Crippen LogP contribution >= 0.6 is 23.2 Å². The number of furan rings is 1. The van der Waals surface area contributed by atoms with E-state index in [2.05, 4.69) is 119 Å². The van der Waals surface area contributed by atoms with Crippen LogP contribution in [0.15, 0.2) is 124 Å². The normalized spacial score (nSPS) is 11.3. The third-order valence-corrected chi connectivity index (χ3v) is 10.3. The summed E-state index contributed by atoms with van der Waals surface area (Å²) in [6, 6.07) is 41.2. The molecule has 0 saturated heterocycles. The maximum atomic E-state index is 6.35. The molecule has 0 saturated carbocycles. The zero-order chi connectivity index (χ0) is 20.4. The molecule has 0 N–H and O–H groups in total. The van der Waals surface area contributed by atoms with Gasteiger partial charge in [-0.25, -0.2) is 0 Å². The number of fused-ring (bicyclic) bond motifs is 1. The highest BCUT2D eigenvalue weighted by molar-refractivity contribution is 9.10. The first-order chi connectivity index (χ1) is 14.8. The van der Waals surface area contributed by atoms with E-state index in [0.29, 0.717) is 0 Å². The first-order valence-electron chi connectivity index (χ1n) is 9.99. The van der Waals surface area contributed by atoms with E-state index in [4.69, 9.17) is 4.42 Å². The van der Waals surface area contributed by atoms with Crippen molar-refractivity contribution in [1.29, 1.82) is 0 Å². The van der Waals surface area contributed by atoms with Gasteiger partial charge in [-0.15, -0.1) is 0 Å². The van der Waals surface area contributed by atoms with Gasteiger partial charge in [-0.1, -0.05) is 70.5 Å². The van der Waals surface area contributed by atoms with Gasteiger partial charge in [0.25, 0.3) is 0 Å². The predicted molar refractivity (Wildman–Crippen MR) is 133 cm³/mol. The zero-order valence-electron chi connectivity index (χ0n) is 16.8. The van der Waals surface area contributed by atoms with Gasteiger partial charge in [0.1, 0.15) is 40.7 Å². The second-order valence-corrected chi connectivity index (χ2v) is 11.8. The van der Waals surface area contributed by atoms with E-state index in [0.717, 1.165) is 27.4 Å². The zero-order valence-corrected chi connectivity index (χ0v) is 20.0. The molecule has 0 aliphatic rings. The summed E-state index contributed by atoms with van der Waals surface area (Å²) in [7, 11) is -1.95. The number of hydrogen-bond donors (Lipinski definition) is 0. The van der Waals surface area contributed by atoms with Crippen LogP contribution in [0, 0.1) is 0 Å². The highest BCUT2D eigenvalue weighted by Crippen LogP contribution is 2.58. The minimum absolute atomic E-state index is 0. The number of hydrogen-bond acceptors (Lipinski definition) is 1. The SMILES string of the molecule is Brc1ccc2oc(C[P+](c3ccccc3)(c3ccccc3)c3ccccc3)cc2c1.[Cl-]. The van der Waals surface area contributed by atoms with Gasteiger partial charge in [0.05, 0.1) is 0 Å². The van der Waals surface area contributed by atoms with E-state index in [9.17, 15) is 0 Å². The van der Waals surface area contributed by atoms with Gasteiger partial charge < -0.3 is 16.8 Å². The largest absolute Gasteiger partial charge is 1.00 e. The molecular weight excluding hydrogens is 487 g/mol. The van der Waals surface area contributed by atoms with Gasteiger partial charge in [0, 0.05) is 9.86 Å². The highest BCUT2D eigenvalue weighted by Gasteiger charge is 2.46. The first kappa shape index (κ1) is 21.8. The van der Waals surface area contributed by atoms with E-state index >= 15 is 0 Å². The van der Waals surface area contributed by atoms with Crippen molar-refractivity contribution < 1.29 is 16.8 Å². The van der Waals surface area contributed by atoms with Crippen LogP contribution in [0.5, 0.6) is 0 Å². The molecule has 0 aliphatic carbocycles. The van der Waals surface area contributed by atoms with Crippen LogP contribution in [0.2, 0.25) is 0 Å². The van der Waals surface area contributed by atoms with Crippen molar-refractivity contribution in [3.63, 3.8) is 0 Å². The summed E-state index contributed by atoms with van der Waals surface area (Å²) in [5.41, 5.74) is 0.931. The fraction of sp³-hybridized carbons (Fsp3) is 0.0370. The topological polar surface area (TPSA) is 13.1 Å².